The molecule has 4 nitrogen and oxygen atoms in total. The fraction of sp³-hybridized carbons (Fsp3) is 0.214. The van der Waals surface area contributed by atoms with Gasteiger partial charge in [0, 0.05) is 5.69 Å². The predicted molar refractivity (Wildman–Crippen MR) is 81.7 cm³/mol. The SMILES string of the molecule is CC(C)c1ccc(Nc2cnc(C(N)=S)cn2)cc1. The van der Waals surface area contributed by atoms with E-state index in [4.69, 9.17) is 18.0 Å². The van der Waals surface area contributed by atoms with E-state index in [1.807, 2.05) is 12.1 Å². The first kappa shape index (κ1) is 13.4. The molecule has 19 heavy (non-hydrogen) atoms. The summed E-state index contributed by atoms with van der Waals surface area (Å²) in [5.74, 6) is 1.19. The molecular formula is C14H16N4S. The number of hydrogen-bond acceptors (Lipinski definition) is 4. The highest BCUT2D eigenvalue weighted by atomic mass is 32.1. The third-order valence-corrected chi connectivity index (χ3v) is 2.96. The van der Waals surface area contributed by atoms with Crippen molar-refractivity contribution in [2.75, 3.05) is 5.32 Å². The molecule has 0 atom stereocenters. The molecule has 98 valence electrons. The van der Waals surface area contributed by atoms with E-state index >= 15 is 0 Å². The molecule has 2 aromatic rings. The van der Waals surface area contributed by atoms with Crippen molar-refractivity contribution in [1.82, 2.24) is 9.97 Å². The van der Waals surface area contributed by atoms with Crippen molar-refractivity contribution in [3.8, 4) is 0 Å². The van der Waals surface area contributed by atoms with E-state index in [0.29, 0.717) is 17.4 Å². The minimum atomic E-state index is 0.250. The van der Waals surface area contributed by atoms with Gasteiger partial charge in [0.15, 0.2) is 0 Å². The number of aromatic nitrogens is 2. The summed E-state index contributed by atoms with van der Waals surface area (Å²) < 4.78 is 0. The number of thiocarbonyl (C=S) groups is 1. The summed E-state index contributed by atoms with van der Waals surface area (Å²) in [6.45, 7) is 4.34. The van der Waals surface area contributed by atoms with Crippen LogP contribution in [0, 0.1) is 0 Å². The first-order valence-electron chi connectivity index (χ1n) is 6.05. The lowest BCUT2D eigenvalue weighted by Crippen LogP contribution is -2.12. The maximum absolute atomic E-state index is 5.47. The fourth-order valence-corrected chi connectivity index (χ4v) is 1.72. The number of rotatable bonds is 4. The van der Waals surface area contributed by atoms with Gasteiger partial charge in [0.05, 0.1) is 12.4 Å². The smallest absolute Gasteiger partial charge is 0.148 e. The summed E-state index contributed by atoms with van der Waals surface area (Å²) >= 11 is 4.83. The molecule has 2 rings (SSSR count). The van der Waals surface area contributed by atoms with Gasteiger partial charge in [-0.3, -0.25) is 0 Å². The lowest BCUT2D eigenvalue weighted by atomic mass is 10.0. The average molecular weight is 272 g/mol. The Kier molecular flexibility index (Phi) is 4.06. The molecule has 0 aliphatic heterocycles. The Balaban J connectivity index is 2.10. The Morgan fingerprint density at radius 3 is 2.32 bits per heavy atom. The van der Waals surface area contributed by atoms with Gasteiger partial charge in [0.25, 0.3) is 0 Å². The average Bonchev–Trinajstić information content (AvgIpc) is 2.40. The molecular weight excluding hydrogens is 256 g/mol. The molecule has 1 aromatic heterocycles. The topological polar surface area (TPSA) is 63.8 Å². The number of nitrogens with one attached hydrogen (secondary N) is 1. The van der Waals surface area contributed by atoms with Gasteiger partial charge in [-0.2, -0.15) is 0 Å². The summed E-state index contributed by atoms with van der Waals surface area (Å²) in [4.78, 5) is 8.59. The third kappa shape index (κ3) is 3.48. The molecule has 0 saturated carbocycles. The molecule has 0 amide bonds. The first-order chi connectivity index (χ1) is 9.06. The van der Waals surface area contributed by atoms with E-state index < -0.39 is 0 Å². The second-order valence-electron chi connectivity index (χ2n) is 4.55. The molecule has 0 fully saturated rings. The molecule has 0 unspecified atom stereocenters. The van der Waals surface area contributed by atoms with Gasteiger partial charge in [0.1, 0.15) is 16.5 Å². The zero-order valence-electron chi connectivity index (χ0n) is 10.9. The van der Waals surface area contributed by atoms with Gasteiger partial charge < -0.3 is 11.1 Å². The molecule has 0 aliphatic carbocycles. The summed E-state index contributed by atoms with van der Waals surface area (Å²) in [7, 11) is 0. The maximum Gasteiger partial charge on any atom is 0.148 e. The zero-order valence-corrected chi connectivity index (χ0v) is 11.7. The van der Waals surface area contributed by atoms with Crippen LogP contribution in [0.1, 0.15) is 31.0 Å². The van der Waals surface area contributed by atoms with Gasteiger partial charge >= 0.3 is 0 Å². The second-order valence-corrected chi connectivity index (χ2v) is 4.99. The summed E-state index contributed by atoms with van der Waals surface area (Å²) in [5, 5.41) is 3.18. The maximum atomic E-state index is 5.47. The number of nitrogens with zero attached hydrogens (tertiary/aromatic N) is 2. The van der Waals surface area contributed by atoms with Crippen LogP contribution in [0.2, 0.25) is 0 Å². The standard InChI is InChI=1S/C14H16N4S/c1-9(2)10-3-5-11(6-4-10)18-13-8-16-12(7-17-13)14(15)19/h3-9H,1-2H3,(H2,15,19)(H,17,18). The highest BCUT2D eigenvalue weighted by Gasteiger charge is 2.02. The van der Waals surface area contributed by atoms with Crippen LogP contribution in [0.25, 0.3) is 0 Å². The fourth-order valence-electron chi connectivity index (χ4n) is 1.62. The molecule has 1 aromatic carbocycles. The van der Waals surface area contributed by atoms with Gasteiger partial charge in [-0.25, -0.2) is 9.97 Å². The lowest BCUT2D eigenvalue weighted by molar-refractivity contribution is 0.867. The van der Waals surface area contributed by atoms with Crippen molar-refractivity contribution in [3.05, 3.63) is 47.9 Å². The Hall–Kier alpha value is -2.01. The Morgan fingerprint density at radius 1 is 1.16 bits per heavy atom. The highest BCUT2D eigenvalue weighted by Crippen LogP contribution is 2.19. The van der Waals surface area contributed by atoms with Gasteiger partial charge in [0.2, 0.25) is 0 Å². The minimum Gasteiger partial charge on any atom is -0.388 e. The van der Waals surface area contributed by atoms with Crippen LogP contribution in [-0.2, 0) is 0 Å². The summed E-state index contributed by atoms with van der Waals surface area (Å²) in [6, 6.07) is 8.25. The van der Waals surface area contributed by atoms with E-state index in [1.54, 1.807) is 12.4 Å². The molecule has 1 heterocycles. The number of anilines is 2. The van der Waals surface area contributed by atoms with E-state index in [0.717, 1.165) is 5.69 Å². The van der Waals surface area contributed by atoms with Crippen LogP contribution in [-0.4, -0.2) is 15.0 Å². The molecule has 0 bridgehead atoms. The zero-order chi connectivity index (χ0) is 13.8. The molecule has 0 radical (unpaired) electrons. The van der Waals surface area contributed by atoms with Crippen molar-refractivity contribution in [2.45, 2.75) is 19.8 Å². The van der Waals surface area contributed by atoms with Crippen LogP contribution in [0.3, 0.4) is 0 Å². The predicted octanol–water partition coefficient (Wildman–Crippen LogP) is 2.98. The van der Waals surface area contributed by atoms with Crippen molar-refractivity contribution in [1.29, 1.82) is 0 Å². The van der Waals surface area contributed by atoms with E-state index in [-0.39, 0.29) is 4.99 Å². The van der Waals surface area contributed by atoms with Crippen LogP contribution in [0.5, 0.6) is 0 Å². The van der Waals surface area contributed by atoms with Crippen LogP contribution < -0.4 is 11.1 Å². The second kappa shape index (κ2) is 5.75. The Bertz CT molecular complexity index is 561. The van der Waals surface area contributed by atoms with Gasteiger partial charge in [-0.1, -0.05) is 38.2 Å². The highest BCUT2D eigenvalue weighted by molar-refractivity contribution is 7.80. The van der Waals surface area contributed by atoms with Crippen molar-refractivity contribution < 1.29 is 0 Å². The molecule has 0 aliphatic rings. The molecule has 3 N–H and O–H groups in total. The van der Waals surface area contributed by atoms with Crippen molar-refractivity contribution in [3.63, 3.8) is 0 Å². The molecule has 0 spiro atoms. The van der Waals surface area contributed by atoms with E-state index in [1.165, 1.54) is 5.56 Å². The first-order valence-corrected chi connectivity index (χ1v) is 6.46. The Labute approximate surface area is 118 Å². The quantitative estimate of drug-likeness (QED) is 0.838. The number of nitrogens with two attached hydrogens (primary N) is 1. The van der Waals surface area contributed by atoms with Crippen LogP contribution in [0.4, 0.5) is 11.5 Å². The van der Waals surface area contributed by atoms with E-state index in [2.05, 4.69) is 41.3 Å². The van der Waals surface area contributed by atoms with Crippen LogP contribution in [0.15, 0.2) is 36.7 Å². The van der Waals surface area contributed by atoms with Crippen molar-refractivity contribution >= 4 is 28.7 Å². The number of benzene rings is 1. The number of hydrogen-bond donors (Lipinski definition) is 2. The van der Waals surface area contributed by atoms with Gasteiger partial charge in [-0.05, 0) is 23.6 Å². The summed E-state index contributed by atoms with van der Waals surface area (Å²) in [5.41, 5.74) is 8.27. The van der Waals surface area contributed by atoms with Crippen molar-refractivity contribution in [2.24, 2.45) is 5.73 Å². The molecule has 0 saturated heterocycles. The largest absolute Gasteiger partial charge is 0.388 e. The Morgan fingerprint density at radius 2 is 1.84 bits per heavy atom. The summed E-state index contributed by atoms with van der Waals surface area (Å²) in [6.07, 6.45) is 3.18. The van der Waals surface area contributed by atoms with Gasteiger partial charge in [-0.15, -0.1) is 0 Å². The van der Waals surface area contributed by atoms with Crippen LogP contribution >= 0.6 is 12.2 Å². The van der Waals surface area contributed by atoms with E-state index in [9.17, 15) is 0 Å². The normalized spacial score (nSPS) is 10.5. The third-order valence-electron chi connectivity index (χ3n) is 2.75. The molecule has 5 heteroatoms. The monoisotopic (exact) mass is 272 g/mol. The lowest BCUT2D eigenvalue weighted by Gasteiger charge is -2.08. The minimum absolute atomic E-state index is 0.250.